The summed E-state index contributed by atoms with van der Waals surface area (Å²) in [6, 6.07) is 6.29. The van der Waals surface area contributed by atoms with Gasteiger partial charge in [0.25, 0.3) is 0 Å². The fourth-order valence-corrected chi connectivity index (χ4v) is 1.42. The summed E-state index contributed by atoms with van der Waals surface area (Å²) in [7, 11) is 0. The molecule has 0 saturated heterocycles. The van der Waals surface area contributed by atoms with Crippen molar-refractivity contribution in [1.29, 1.82) is 0 Å². The van der Waals surface area contributed by atoms with Crippen LogP contribution in [0.25, 0.3) is 0 Å². The highest BCUT2D eigenvalue weighted by molar-refractivity contribution is 5.52. The molecule has 1 aromatic carbocycles. The average Bonchev–Trinajstić information content (AvgIpc) is 2.16. The molecule has 0 saturated carbocycles. The van der Waals surface area contributed by atoms with E-state index in [0.717, 1.165) is 12.1 Å². The van der Waals surface area contributed by atoms with Crippen molar-refractivity contribution in [3.63, 3.8) is 0 Å². The van der Waals surface area contributed by atoms with Gasteiger partial charge >= 0.3 is 0 Å². The summed E-state index contributed by atoms with van der Waals surface area (Å²) in [6.45, 7) is 8.59. The second kappa shape index (κ2) is 4.67. The van der Waals surface area contributed by atoms with Gasteiger partial charge in [-0.15, -0.1) is 0 Å². The van der Waals surface area contributed by atoms with Gasteiger partial charge in [-0.1, -0.05) is 24.6 Å². The van der Waals surface area contributed by atoms with E-state index >= 15 is 0 Å². The minimum Gasteiger partial charge on any atom is -0.388 e. The summed E-state index contributed by atoms with van der Waals surface area (Å²) in [6.07, 6.45) is 0.755. The number of benzene rings is 1. The van der Waals surface area contributed by atoms with E-state index in [-0.39, 0.29) is 0 Å². The molecule has 0 spiro atoms. The Labute approximate surface area is 92.3 Å². The number of hydrogen-bond acceptors (Lipinski definition) is 2. The van der Waals surface area contributed by atoms with Crippen LogP contribution >= 0.6 is 0 Å². The fraction of sp³-hybridized carbons (Fsp3) is 0.538. The summed E-state index contributed by atoms with van der Waals surface area (Å²) in [5.41, 5.74) is 2.97. The standard InChI is InChI=1S/C13H21NO/c1-5-13(4,15)9-14-12-7-6-10(2)8-11(12)3/h6-8,14-15H,5,9H2,1-4H3. The van der Waals surface area contributed by atoms with Crippen molar-refractivity contribution in [3.05, 3.63) is 29.3 Å². The Kier molecular flexibility index (Phi) is 3.75. The first kappa shape index (κ1) is 12.1. The molecule has 1 rings (SSSR count). The van der Waals surface area contributed by atoms with Crippen LogP contribution in [0, 0.1) is 13.8 Å². The summed E-state index contributed by atoms with van der Waals surface area (Å²) < 4.78 is 0. The van der Waals surface area contributed by atoms with Crippen LogP contribution in [0.15, 0.2) is 18.2 Å². The topological polar surface area (TPSA) is 32.3 Å². The van der Waals surface area contributed by atoms with Gasteiger partial charge in [-0.3, -0.25) is 0 Å². The minimum absolute atomic E-state index is 0.591. The molecule has 2 nitrogen and oxygen atoms in total. The number of nitrogens with one attached hydrogen (secondary N) is 1. The van der Waals surface area contributed by atoms with Crippen LogP contribution < -0.4 is 5.32 Å². The molecule has 0 amide bonds. The van der Waals surface area contributed by atoms with Gasteiger partial charge < -0.3 is 10.4 Å². The van der Waals surface area contributed by atoms with Crippen molar-refractivity contribution < 1.29 is 5.11 Å². The zero-order chi connectivity index (χ0) is 11.5. The Bertz CT molecular complexity index is 331. The van der Waals surface area contributed by atoms with E-state index in [4.69, 9.17) is 0 Å². The average molecular weight is 207 g/mol. The van der Waals surface area contributed by atoms with Crippen LogP contribution in [0.5, 0.6) is 0 Å². The third-order valence-corrected chi connectivity index (χ3v) is 2.80. The van der Waals surface area contributed by atoms with E-state index in [2.05, 4.69) is 37.4 Å². The van der Waals surface area contributed by atoms with Crippen LogP contribution in [0.2, 0.25) is 0 Å². The van der Waals surface area contributed by atoms with Crippen molar-refractivity contribution in [1.82, 2.24) is 0 Å². The molecule has 84 valence electrons. The number of hydrogen-bond donors (Lipinski definition) is 2. The molecule has 0 bridgehead atoms. The molecule has 0 aromatic heterocycles. The molecule has 1 aromatic rings. The lowest BCUT2D eigenvalue weighted by molar-refractivity contribution is 0.0697. The molecule has 15 heavy (non-hydrogen) atoms. The van der Waals surface area contributed by atoms with Crippen LogP contribution in [-0.2, 0) is 0 Å². The van der Waals surface area contributed by atoms with Gasteiger partial charge in [0.05, 0.1) is 5.60 Å². The third-order valence-electron chi connectivity index (χ3n) is 2.80. The maximum absolute atomic E-state index is 9.87. The highest BCUT2D eigenvalue weighted by atomic mass is 16.3. The molecular formula is C13H21NO. The van der Waals surface area contributed by atoms with Crippen molar-refractivity contribution in [3.8, 4) is 0 Å². The lowest BCUT2D eigenvalue weighted by Crippen LogP contribution is -2.32. The summed E-state index contributed by atoms with van der Waals surface area (Å²) in [5, 5.41) is 13.1. The first-order valence-electron chi connectivity index (χ1n) is 5.48. The maximum Gasteiger partial charge on any atom is 0.0788 e. The van der Waals surface area contributed by atoms with E-state index in [1.807, 2.05) is 13.8 Å². The Morgan fingerprint density at radius 2 is 2.00 bits per heavy atom. The van der Waals surface area contributed by atoms with Crippen molar-refractivity contribution in [2.45, 2.75) is 39.7 Å². The molecule has 1 unspecified atom stereocenters. The van der Waals surface area contributed by atoms with E-state index < -0.39 is 5.60 Å². The molecule has 0 heterocycles. The molecule has 0 radical (unpaired) electrons. The Hall–Kier alpha value is -1.02. The Morgan fingerprint density at radius 3 is 2.53 bits per heavy atom. The Balaban J connectivity index is 2.66. The normalized spacial score (nSPS) is 14.7. The molecular weight excluding hydrogens is 186 g/mol. The molecule has 2 heteroatoms. The number of anilines is 1. The second-order valence-corrected chi connectivity index (χ2v) is 4.52. The van der Waals surface area contributed by atoms with Crippen LogP contribution in [0.1, 0.15) is 31.4 Å². The van der Waals surface area contributed by atoms with Gasteiger partial charge in [0.1, 0.15) is 0 Å². The first-order valence-corrected chi connectivity index (χ1v) is 5.48. The highest BCUT2D eigenvalue weighted by Crippen LogP contribution is 2.17. The summed E-state index contributed by atoms with van der Waals surface area (Å²) >= 11 is 0. The van der Waals surface area contributed by atoms with E-state index in [1.54, 1.807) is 0 Å². The van der Waals surface area contributed by atoms with Gasteiger partial charge in [0.15, 0.2) is 0 Å². The molecule has 0 aliphatic heterocycles. The van der Waals surface area contributed by atoms with Crippen LogP contribution in [-0.4, -0.2) is 17.3 Å². The smallest absolute Gasteiger partial charge is 0.0788 e. The van der Waals surface area contributed by atoms with Crippen molar-refractivity contribution in [2.24, 2.45) is 0 Å². The number of rotatable bonds is 4. The third kappa shape index (κ3) is 3.56. The van der Waals surface area contributed by atoms with Gasteiger partial charge in [-0.2, -0.15) is 0 Å². The van der Waals surface area contributed by atoms with Gasteiger partial charge in [-0.05, 0) is 38.8 Å². The monoisotopic (exact) mass is 207 g/mol. The van der Waals surface area contributed by atoms with E-state index in [9.17, 15) is 5.11 Å². The van der Waals surface area contributed by atoms with E-state index in [1.165, 1.54) is 11.1 Å². The van der Waals surface area contributed by atoms with Crippen LogP contribution in [0.4, 0.5) is 5.69 Å². The SMILES string of the molecule is CCC(C)(O)CNc1ccc(C)cc1C. The highest BCUT2D eigenvalue weighted by Gasteiger charge is 2.16. The predicted octanol–water partition coefficient (Wildman–Crippen LogP) is 2.88. The van der Waals surface area contributed by atoms with Gasteiger partial charge in [0, 0.05) is 12.2 Å². The summed E-state index contributed by atoms with van der Waals surface area (Å²) in [5.74, 6) is 0. The molecule has 0 aliphatic rings. The largest absolute Gasteiger partial charge is 0.388 e. The molecule has 1 atom stereocenters. The zero-order valence-electron chi connectivity index (χ0n) is 10.1. The minimum atomic E-state index is -0.628. The lowest BCUT2D eigenvalue weighted by Gasteiger charge is -2.23. The van der Waals surface area contributed by atoms with Crippen molar-refractivity contribution in [2.75, 3.05) is 11.9 Å². The maximum atomic E-state index is 9.87. The van der Waals surface area contributed by atoms with E-state index in [0.29, 0.717) is 6.54 Å². The number of aliphatic hydroxyl groups is 1. The molecule has 0 fully saturated rings. The zero-order valence-corrected chi connectivity index (χ0v) is 10.1. The fourth-order valence-electron chi connectivity index (χ4n) is 1.42. The van der Waals surface area contributed by atoms with Gasteiger partial charge in [0.2, 0.25) is 0 Å². The van der Waals surface area contributed by atoms with Gasteiger partial charge in [-0.25, -0.2) is 0 Å². The number of aryl methyl sites for hydroxylation is 2. The Morgan fingerprint density at radius 1 is 1.33 bits per heavy atom. The van der Waals surface area contributed by atoms with Crippen molar-refractivity contribution >= 4 is 5.69 Å². The lowest BCUT2D eigenvalue weighted by atomic mass is 10.0. The molecule has 0 aliphatic carbocycles. The second-order valence-electron chi connectivity index (χ2n) is 4.52. The van der Waals surface area contributed by atoms with Crippen LogP contribution in [0.3, 0.4) is 0 Å². The predicted molar refractivity (Wildman–Crippen MR) is 65.3 cm³/mol. The first-order chi connectivity index (χ1) is 6.94. The quantitative estimate of drug-likeness (QED) is 0.795. The summed E-state index contributed by atoms with van der Waals surface area (Å²) in [4.78, 5) is 0. The molecule has 2 N–H and O–H groups in total.